The molecule has 0 radical (unpaired) electrons. The Hall–Kier alpha value is -7.29. The van der Waals surface area contributed by atoms with Crippen LogP contribution in [0, 0.1) is 5.41 Å². The van der Waals surface area contributed by atoms with Crippen LogP contribution in [-0.4, -0.2) is 137 Å². The van der Waals surface area contributed by atoms with E-state index in [0.717, 1.165) is 68.0 Å². The molecule has 2 saturated carbocycles. The van der Waals surface area contributed by atoms with E-state index in [9.17, 15) is 33.9 Å². The zero-order chi connectivity index (χ0) is 47.8. The second-order valence-electron chi connectivity index (χ2n) is 19.9. The van der Waals surface area contributed by atoms with E-state index in [1.54, 1.807) is 28.7 Å². The number of imidazole rings is 1. The Kier molecular flexibility index (Phi) is 10.9. The van der Waals surface area contributed by atoms with E-state index in [2.05, 4.69) is 30.8 Å². The van der Waals surface area contributed by atoms with E-state index in [-0.39, 0.29) is 52.9 Å². The number of hydrazine groups is 3. The van der Waals surface area contributed by atoms with Crippen molar-refractivity contribution in [3.8, 4) is 0 Å². The van der Waals surface area contributed by atoms with Crippen molar-refractivity contribution in [2.75, 3.05) is 54.7 Å². The second-order valence-corrected chi connectivity index (χ2v) is 19.9. The fourth-order valence-corrected chi connectivity index (χ4v) is 12.0. The predicted molar refractivity (Wildman–Crippen MR) is 254 cm³/mol. The first kappa shape index (κ1) is 44.0. The number of nitrogens with one attached hydrogen (secondary N) is 3. The number of nitrogens with zero attached hydrogens (tertiary/aromatic N) is 10. The van der Waals surface area contributed by atoms with Crippen LogP contribution < -0.4 is 26.1 Å². The van der Waals surface area contributed by atoms with Crippen LogP contribution in [0.5, 0.6) is 0 Å². The number of piperidine rings is 2. The van der Waals surface area contributed by atoms with Gasteiger partial charge in [0.05, 0.1) is 29.6 Å². The minimum Gasteiger partial charge on any atom is -0.480 e. The number of fused-ring (bicyclic) bond motifs is 2. The van der Waals surface area contributed by atoms with Crippen molar-refractivity contribution in [2.24, 2.45) is 5.41 Å². The summed E-state index contributed by atoms with van der Waals surface area (Å²) in [5, 5.41) is 22.4. The highest BCUT2D eigenvalue weighted by molar-refractivity contribution is 6.24. The van der Waals surface area contributed by atoms with E-state index in [1.165, 1.54) is 12.4 Å². The van der Waals surface area contributed by atoms with Crippen molar-refractivity contribution in [1.82, 2.24) is 50.1 Å². The number of carboxylic acids is 1. The number of benzene rings is 3. The van der Waals surface area contributed by atoms with Crippen LogP contribution in [-0.2, 0) is 25.6 Å². The van der Waals surface area contributed by atoms with Crippen LogP contribution in [0.2, 0.25) is 0 Å². The Morgan fingerprint density at radius 1 is 0.814 bits per heavy atom. The molecule has 2 atom stereocenters. The highest BCUT2D eigenvalue weighted by Crippen LogP contribution is 2.52. The van der Waals surface area contributed by atoms with Crippen molar-refractivity contribution in [2.45, 2.75) is 88.0 Å². The summed E-state index contributed by atoms with van der Waals surface area (Å²) in [6.45, 7) is 4.72. The standard InChI is InChI=1S/C50H53N13O7/c64-39-14-13-38(46(66)55-39)61-47(67)37-8-4-7-36(41(37)48(61)68)43(49(69)70)63-59-17-15-50(16-18-59)26-35(27-50)58-21-19-57(20-22-58)32-9-11-33(12-10-32)62(63)56-44-42-45(52-28-51-44)60(29-53-42)34-24-31(25-34)54-40(65)23-30-5-2-1-3-6-30/h1-12,28-29,31,34-35,38,43H,13-27H2,(H,54,65)(H,69,70)(H,51,52,56)(H,55,64,66)/t31?,34?,38-,43-/m0/s1. The van der Waals surface area contributed by atoms with Gasteiger partial charge in [0.1, 0.15) is 12.4 Å². The van der Waals surface area contributed by atoms with Gasteiger partial charge in [0.25, 0.3) is 11.8 Å². The Morgan fingerprint density at radius 2 is 1.56 bits per heavy atom. The van der Waals surface area contributed by atoms with E-state index in [1.807, 2.05) is 64.2 Å². The number of rotatable bonds is 10. The highest BCUT2D eigenvalue weighted by Gasteiger charge is 2.52. The van der Waals surface area contributed by atoms with Crippen LogP contribution in [0.4, 0.5) is 17.2 Å². The zero-order valence-corrected chi connectivity index (χ0v) is 38.4. The molecule has 4 N–H and O–H groups in total. The number of carboxylic acid groups (broad SMARTS) is 1. The van der Waals surface area contributed by atoms with Crippen molar-refractivity contribution >= 4 is 63.9 Å². The van der Waals surface area contributed by atoms with Crippen molar-refractivity contribution < 1.29 is 33.9 Å². The number of hydrogen-bond acceptors (Lipinski definition) is 15. The molecule has 2 aliphatic carbocycles. The van der Waals surface area contributed by atoms with Crippen LogP contribution in [0.15, 0.2) is 85.5 Å². The van der Waals surface area contributed by atoms with Gasteiger partial charge in [-0.3, -0.25) is 49.3 Å². The van der Waals surface area contributed by atoms with Crippen LogP contribution in [0.1, 0.15) is 95.3 Å². The molecule has 70 heavy (non-hydrogen) atoms. The third kappa shape index (κ3) is 7.60. The third-order valence-electron chi connectivity index (χ3n) is 15.8. The Labute approximate surface area is 402 Å². The minimum atomic E-state index is -1.60. The maximum atomic E-state index is 14.7. The van der Waals surface area contributed by atoms with Gasteiger partial charge in [-0.25, -0.2) is 25.1 Å². The summed E-state index contributed by atoms with van der Waals surface area (Å²) >= 11 is 0. The first-order valence-electron chi connectivity index (χ1n) is 24.3. The SMILES string of the molecule is O=C1CC[C@H](N2C(=O)c3cccc([C@@H](C(=O)O)N4N5CCC6(CC5)CC(C6)N5CCN(CC5)c5ccc(cc5)N4Nc4ncnc5c4ncn5C4CC(NC(=O)Cc5ccccc5)C4)c3C2=O)C(=O)N1. The maximum Gasteiger partial charge on any atom is 0.329 e. The summed E-state index contributed by atoms with van der Waals surface area (Å²) in [6, 6.07) is 19.8. The monoisotopic (exact) mass is 947 g/mol. The first-order valence-corrected chi connectivity index (χ1v) is 24.3. The van der Waals surface area contributed by atoms with Gasteiger partial charge >= 0.3 is 5.97 Å². The van der Waals surface area contributed by atoms with Crippen molar-refractivity contribution in [3.05, 3.63) is 108 Å². The van der Waals surface area contributed by atoms with Gasteiger partial charge in [0, 0.05) is 69.5 Å². The molecule has 1 spiro atoms. The molecule has 5 fully saturated rings. The molecule has 3 aromatic carbocycles. The largest absolute Gasteiger partial charge is 0.480 e. The molecule has 12 aliphatic heterocycles. The molecule has 5 aromatic rings. The number of piperazine rings is 1. The Morgan fingerprint density at radius 3 is 2.29 bits per heavy atom. The van der Waals surface area contributed by atoms with E-state index >= 15 is 0 Å². The number of anilines is 3. The van der Waals surface area contributed by atoms with Crippen molar-refractivity contribution in [3.63, 3.8) is 0 Å². The number of imide groups is 2. The Bertz CT molecular complexity index is 2920. The average molecular weight is 948 g/mol. The quantitative estimate of drug-likeness (QED) is 0.147. The van der Waals surface area contributed by atoms with Gasteiger partial charge in [-0.2, -0.15) is 0 Å². The molecule has 20 heteroatoms. The van der Waals surface area contributed by atoms with Gasteiger partial charge < -0.3 is 19.9 Å². The summed E-state index contributed by atoms with van der Waals surface area (Å²) < 4.78 is 1.99. The van der Waals surface area contributed by atoms with Gasteiger partial charge in [0.15, 0.2) is 23.0 Å². The van der Waals surface area contributed by atoms with E-state index < -0.39 is 41.7 Å². The lowest BCUT2D eigenvalue weighted by molar-refractivity contribution is -0.164. The molecule has 19 rings (SSSR count). The summed E-state index contributed by atoms with van der Waals surface area (Å²) in [5.41, 5.74) is 7.06. The number of hydrogen-bond donors (Lipinski definition) is 4. The molecule has 5 amide bonds. The lowest BCUT2D eigenvalue weighted by Crippen LogP contribution is -2.64. The molecular formula is C50H53N13O7. The lowest BCUT2D eigenvalue weighted by atomic mass is 9.60. The number of amides is 5. The van der Waals surface area contributed by atoms with E-state index in [0.29, 0.717) is 61.1 Å². The van der Waals surface area contributed by atoms with Crippen LogP contribution >= 0.6 is 0 Å². The molecule has 360 valence electrons. The third-order valence-corrected chi connectivity index (χ3v) is 15.8. The number of carbonyl (C=O) groups excluding carboxylic acids is 5. The summed E-state index contributed by atoms with van der Waals surface area (Å²) in [4.78, 5) is 101. The van der Waals surface area contributed by atoms with Crippen LogP contribution in [0.3, 0.4) is 0 Å². The molecular weight excluding hydrogens is 895 g/mol. The van der Waals surface area contributed by atoms with Gasteiger partial charge in [-0.15, -0.1) is 5.12 Å². The van der Waals surface area contributed by atoms with E-state index in [4.69, 9.17) is 9.97 Å². The molecule has 14 aliphatic rings. The van der Waals surface area contributed by atoms with Gasteiger partial charge in [0.2, 0.25) is 17.7 Å². The zero-order valence-electron chi connectivity index (χ0n) is 38.4. The second kappa shape index (κ2) is 17.3. The molecule has 14 heterocycles. The summed E-state index contributed by atoms with van der Waals surface area (Å²) in [6.07, 6.45) is 8.48. The fraction of sp³-hybridized carbons (Fsp3) is 0.420. The molecule has 2 aromatic heterocycles. The van der Waals surface area contributed by atoms with Crippen molar-refractivity contribution in [1.29, 1.82) is 0 Å². The van der Waals surface area contributed by atoms with Gasteiger partial charge in [-0.1, -0.05) is 42.5 Å². The topological polar surface area (TPSA) is 222 Å². The minimum absolute atomic E-state index is 0.00644. The predicted octanol–water partition coefficient (Wildman–Crippen LogP) is 3.46. The summed E-state index contributed by atoms with van der Waals surface area (Å²) in [7, 11) is 0. The molecule has 0 unspecified atom stereocenters. The average Bonchev–Trinajstić information content (AvgIpc) is 3.88. The first-order chi connectivity index (χ1) is 34.0. The smallest absolute Gasteiger partial charge is 0.329 e. The molecule has 3 saturated heterocycles. The molecule has 20 nitrogen and oxygen atoms in total. The maximum absolute atomic E-state index is 14.7. The fourth-order valence-electron chi connectivity index (χ4n) is 12.0. The summed E-state index contributed by atoms with van der Waals surface area (Å²) in [5.74, 6) is -3.82. The molecule has 7 bridgehead atoms. The van der Waals surface area contributed by atoms with Gasteiger partial charge in [-0.05, 0) is 91.8 Å². The number of aliphatic carboxylic acids is 1. The van der Waals surface area contributed by atoms with Crippen LogP contribution in [0.25, 0.3) is 11.2 Å². The Balaban J connectivity index is 0.923. The normalized spacial score (nSPS) is 27.8. The lowest BCUT2D eigenvalue weighted by Gasteiger charge is -2.58. The number of carbonyl (C=O) groups is 6. The highest BCUT2D eigenvalue weighted by atomic mass is 16.4. The number of aromatic nitrogens is 4.